The van der Waals surface area contributed by atoms with E-state index in [2.05, 4.69) is 5.32 Å². The first-order valence-corrected chi connectivity index (χ1v) is 6.58. The zero-order chi connectivity index (χ0) is 14.3. The number of benzene rings is 1. The molecule has 1 aromatic rings. The van der Waals surface area contributed by atoms with Crippen LogP contribution in [0.4, 0.5) is 11.4 Å². The summed E-state index contributed by atoms with van der Waals surface area (Å²) >= 11 is 0. The van der Waals surface area contributed by atoms with Gasteiger partial charge >= 0.3 is 0 Å². The molecule has 0 aliphatic carbocycles. The lowest BCUT2D eigenvalue weighted by atomic mass is 10.2. The van der Waals surface area contributed by atoms with Crippen molar-refractivity contribution in [1.29, 1.82) is 0 Å². The minimum atomic E-state index is 0.0131. The van der Waals surface area contributed by atoms with E-state index < -0.39 is 0 Å². The summed E-state index contributed by atoms with van der Waals surface area (Å²) in [6, 6.07) is 5.53. The van der Waals surface area contributed by atoms with Crippen LogP contribution in [-0.4, -0.2) is 32.7 Å². The number of anilines is 2. The summed E-state index contributed by atoms with van der Waals surface area (Å²) in [5.41, 5.74) is 7.33. The molecule has 0 saturated carbocycles. The van der Waals surface area contributed by atoms with Crippen LogP contribution in [0.15, 0.2) is 18.2 Å². The highest BCUT2D eigenvalue weighted by Crippen LogP contribution is 2.27. The Kier molecular flexibility index (Phi) is 5.99. The number of nitrogens with one attached hydrogen (secondary N) is 1. The molecule has 0 heterocycles. The SMILES string of the molecule is CCCNC(=O)CN(C)c1ccc(N)c(OCC)c1. The second kappa shape index (κ2) is 7.51. The Balaban J connectivity index is 2.68. The van der Waals surface area contributed by atoms with E-state index in [4.69, 9.17) is 10.5 Å². The standard InChI is InChI=1S/C14H23N3O2/c1-4-8-16-14(18)10-17(3)11-6-7-12(15)13(9-11)19-5-2/h6-7,9H,4-5,8,10,15H2,1-3H3,(H,16,18). The molecule has 5 nitrogen and oxygen atoms in total. The summed E-state index contributed by atoms with van der Waals surface area (Å²) in [7, 11) is 1.87. The molecule has 5 heteroatoms. The molecular weight excluding hydrogens is 242 g/mol. The molecule has 0 aliphatic heterocycles. The van der Waals surface area contributed by atoms with Crippen molar-refractivity contribution in [3.8, 4) is 5.75 Å². The van der Waals surface area contributed by atoms with Crippen LogP contribution >= 0.6 is 0 Å². The summed E-state index contributed by atoms with van der Waals surface area (Å²) < 4.78 is 5.45. The largest absolute Gasteiger partial charge is 0.492 e. The van der Waals surface area contributed by atoms with Crippen molar-refractivity contribution < 1.29 is 9.53 Å². The van der Waals surface area contributed by atoms with Gasteiger partial charge in [-0.3, -0.25) is 4.79 Å². The van der Waals surface area contributed by atoms with Gasteiger partial charge in [-0.25, -0.2) is 0 Å². The van der Waals surface area contributed by atoms with E-state index in [-0.39, 0.29) is 5.91 Å². The van der Waals surface area contributed by atoms with Gasteiger partial charge in [-0.15, -0.1) is 0 Å². The summed E-state index contributed by atoms with van der Waals surface area (Å²) in [4.78, 5) is 13.5. The van der Waals surface area contributed by atoms with E-state index in [0.29, 0.717) is 31.1 Å². The van der Waals surface area contributed by atoms with E-state index in [1.54, 1.807) is 6.07 Å². The molecule has 1 rings (SSSR count). The zero-order valence-corrected chi connectivity index (χ0v) is 11.9. The molecule has 0 atom stereocenters. The Morgan fingerprint density at radius 1 is 1.42 bits per heavy atom. The third-order valence-corrected chi connectivity index (χ3v) is 2.69. The molecule has 0 aliphatic rings. The second-order valence-electron chi connectivity index (χ2n) is 4.36. The summed E-state index contributed by atoms with van der Waals surface area (Å²) in [5.74, 6) is 0.667. The van der Waals surface area contributed by atoms with Crippen molar-refractivity contribution in [3.05, 3.63) is 18.2 Å². The van der Waals surface area contributed by atoms with Gasteiger partial charge in [0.15, 0.2) is 0 Å². The quantitative estimate of drug-likeness (QED) is 0.735. The molecule has 0 aromatic heterocycles. The van der Waals surface area contributed by atoms with Crippen molar-refractivity contribution in [3.63, 3.8) is 0 Å². The molecule has 0 saturated heterocycles. The average molecular weight is 265 g/mol. The first kappa shape index (κ1) is 15.1. The number of likely N-dealkylation sites (N-methyl/N-ethyl adjacent to an activating group) is 1. The van der Waals surface area contributed by atoms with E-state index in [9.17, 15) is 4.79 Å². The number of nitrogens with two attached hydrogens (primary N) is 1. The van der Waals surface area contributed by atoms with E-state index >= 15 is 0 Å². The Morgan fingerprint density at radius 2 is 2.16 bits per heavy atom. The number of ether oxygens (including phenoxy) is 1. The Hall–Kier alpha value is -1.91. The van der Waals surface area contributed by atoms with Crippen molar-refractivity contribution in [2.24, 2.45) is 0 Å². The zero-order valence-electron chi connectivity index (χ0n) is 11.9. The number of nitrogen functional groups attached to an aromatic ring is 1. The van der Waals surface area contributed by atoms with Crippen molar-refractivity contribution >= 4 is 17.3 Å². The molecule has 0 fully saturated rings. The smallest absolute Gasteiger partial charge is 0.239 e. The van der Waals surface area contributed by atoms with E-state index in [0.717, 1.165) is 12.1 Å². The number of carbonyl (C=O) groups is 1. The lowest BCUT2D eigenvalue weighted by Gasteiger charge is -2.20. The van der Waals surface area contributed by atoms with Gasteiger partial charge in [0, 0.05) is 25.3 Å². The maximum Gasteiger partial charge on any atom is 0.239 e. The van der Waals surface area contributed by atoms with Crippen LogP contribution in [0.25, 0.3) is 0 Å². The van der Waals surface area contributed by atoms with Gasteiger partial charge in [-0.05, 0) is 25.5 Å². The van der Waals surface area contributed by atoms with Gasteiger partial charge in [0.05, 0.1) is 18.8 Å². The van der Waals surface area contributed by atoms with Crippen molar-refractivity contribution in [2.75, 3.05) is 37.4 Å². The fourth-order valence-electron chi connectivity index (χ4n) is 1.67. The molecule has 0 spiro atoms. The van der Waals surface area contributed by atoms with Gasteiger partial charge in [0.25, 0.3) is 0 Å². The number of nitrogens with zero attached hydrogens (tertiary/aromatic N) is 1. The van der Waals surface area contributed by atoms with Crippen molar-refractivity contribution in [2.45, 2.75) is 20.3 Å². The second-order valence-corrected chi connectivity index (χ2v) is 4.36. The van der Waals surface area contributed by atoms with Gasteiger partial charge < -0.3 is 20.7 Å². The number of amides is 1. The molecular formula is C14H23N3O2. The molecule has 0 bridgehead atoms. The molecule has 106 valence electrons. The van der Waals surface area contributed by atoms with Gasteiger partial charge in [-0.2, -0.15) is 0 Å². The van der Waals surface area contributed by atoms with Crippen LogP contribution in [0.1, 0.15) is 20.3 Å². The van der Waals surface area contributed by atoms with Gasteiger partial charge in [0.2, 0.25) is 5.91 Å². The number of rotatable bonds is 7. The van der Waals surface area contributed by atoms with Crippen LogP contribution in [0.5, 0.6) is 5.75 Å². The maximum absolute atomic E-state index is 11.7. The summed E-state index contributed by atoms with van der Waals surface area (Å²) in [6.45, 7) is 5.52. The number of hydrogen-bond donors (Lipinski definition) is 2. The van der Waals surface area contributed by atoms with Crippen LogP contribution in [0, 0.1) is 0 Å². The lowest BCUT2D eigenvalue weighted by Crippen LogP contribution is -2.35. The average Bonchev–Trinajstić information content (AvgIpc) is 2.39. The van der Waals surface area contributed by atoms with E-state index in [1.807, 2.05) is 37.9 Å². The number of hydrogen-bond acceptors (Lipinski definition) is 4. The lowest BCUT2D eigenvalue weighted by molar-refractivity contribution is -0.119. The minimum absolute atomic E-state index is 0.0131. The maximum atomic E-state index is 11.7. The molecule has 0 unspecified atom stereocenters. The third-order valence-electron chi connectivity index (χ3n) is 2.69. The van der Waals surface area contributed by atoms with Crippen LogP contribution < -0.4 is 20.7 Å². The summed E-state index contributed by atoms with van der Waals surface area (Å²) in [5, 5.41) is 2.85. The van der Waals surface area contributed by atoms with E-state index in [1.165, 1.54) is 0 Å². The van der Waals surface area contributed by atoms with Crippen molar-refractivity contribution in [1.82, 2.24) is 5.32 Å². The van der Waals surface area contributed by atoms with Crippen LogP contribution in [0.2, 0.25) is 0 Å². The summed E-state index contributed by atoms with van der Waals surface area (Å²) in [6.07, 6.45) is 0.936. The highest BCUT2D eigenvalue weighted by atomic mass is 16.5. The Morgan fingerprint density at radius 3 is 2.79 bits per heavy atom. The van der Waals surface area contributed by atoms with Crippen LogP contribution in [-0.2, 0) is 4.79 Å². The molecule has 19 heavy (non-hydrogen) atoms. The van der Waals surface area contributed by atoms with Gasteiger partial charge in [-0.1, -0.05) is 6.92 Å². The predicted octanol–water partition coefficient (Wildman–Crippen LogP) is 1.63. The topological polar surface area (TPSA) is 67.6 Å². The fraction of sp³-hybridized carbons (Fsp3) is 0.500. The monoisotopic (exact) mass is 265 g/mol. The highest BCUT2D eigenvalue weighted by Gasteiger charge is 2.09. The predicted molar refractivity (Wildman–Crippen MR) is 78.6 cm³/mol. The Labute approximate surface area is 114 Å². The fourth-order valence-corrected chi connectivity index (χ4v) is 1.67. The normalized spacial score (nSPS) is 10.1. The van der Waals surface area contributed by atoms with Crippen LogP contribution in [0.3, 0.4) is 0 Å². The Bertz CT molecular complexity index is 421. The molecule has 1 amide bonds. The number of carbonyl (C=O) groups excluding carboxylic acids is 1. The van der Waals surface area contributed by atoms with Gasteiger partial charge in [0.1, 0.15) is 5.75 Å². The first-order valence-electron chi connectivity index (χ1n) is 6.58. The highest BCUT2D eigenvalue weighted by molar-refractivity contribution is 5.81. The first-order chi connectivity index (χ1) is 9.08. The minimum Gasteiger partial charge on any atom is -0.492 e. The molecule has 3 N–H and O–H groups in total. The molecule has 0 radical (unpaired) electrons. The third kappa shape index (κ3) is 4.69. The molecule has 1 aromatic carbocycles.